The molecule has 0 aromatic rings. The Hall–Kier alpha value is -0.530. The molecule has 0 spiro atoms. The van der Waals surface area contributed by atoms with Gasteiger partial charge in [0.05, 0.1) is 0 Å². The Labute approximate surface area is 49.1 Å². The fraction of sp³-hybridized carbons (Fsp3) is 0.667. The van der Waals surface area contributed by atoms with Gasteiger partial charge in [0, 0.05) is 4.53 Å². The summed E-state index contributed by atoms with van der Waals surface area (Å²) in [4.78, 5) is 3.21. The van der Waals surface area contributed by atoms with E-state index in [-0.39, 0.29) is 0 Å². The molecule has 0 bridgehead atoms. The van der Waals surface area contributed by atoms with Crippen molar-refractivity contribution in [2.24, 2.45) is 5.92 Å². The van der Waals surface area contributed by atoms with Crippen molar-refractivity contribution in [3.63, 3.8) is 0 Å². The Kier molecular flexibility index (Phi) is 4.32. The van der Waals surface area contributed by atoms with Crippen LogP contribution in [0.15, 0.2) is 12.3 Å². The van der Waals surface area contributed by atoms with Gasteiger partial charge in [-0.25, -0.2) is 0 Å². The summed E-state index contributed by atoms with van der Waals surface area (Å²) < 4.78 is 10.9. The highest BCUT2D eigenvalue weighted by molar-refractivity contribution is 4.73. The molecule has 0 aromatic heterocycles. The molecule has 0 heterocycles. The monoisotopic (exact) mass is 118 g/mol. The Bertz CT molecular complexity index is 68.9. The third kappa shape index (κ3) is 5.47. The molecule has 1 nitrogen and oxygen atoms in total. The Morgan fingerprint density at radius 1 is 1.62 bits per heavy atom. The molecule has 0 fully saturated rings. The van der Waals surface area contributed by atoms with Gasteiger partial charge in [-0.05, 0) is 18.4 Å². The summed E-state index contributed by atoms with van der Waals surface area (Å²) in [6.45, 7) is 4.12. The molecule has 0 saturated heterocycles. The predicted molar refractivity (Wildman–Crippen MR) is 30.8 cm³/mol. The number of allylic oxidation sites excluding steroid dienone is 1. The number of hydrogen-bond acceptors (Lipinski definition) is 1. The van der Waals surface area contributed by atoms with Gasteiger partial charge in [0.15, 0.2) is 0 Å². The molecular formula is C6H11FO. The molecule has 0 unspecified atom stereocenters. The van der Waals surface area contributed by atoms with Crippen LogP contribution in [0.25, 0.3) is 0 Å². The van der Waals surface area contributed by atoms with Crippen LogP contribution in [0, 0.1) is 5.92 Å². The van der Waals surface area contributed by atoms with E-state index in [9.17, 15) is 4.53 Å². The summed E-state index contributed by atoms with van der Waals surface area (Å²) in [5.74, 6) is 0.571. The van der Waals surface area contributed by atoms with Gasteiger partial charge in [0.25, 0.3) is 0 Å². The Morgan fingerprint density at radius 2 is 2.25 bits per heavy atom. The summed E-state index contributed by atoms with van der Waals surface area (Å²) in [6, 6.07) is 0. The molecule has 0 aromatic carbocycles. The van der Waals surface area contributed by atoms with E-state index in [1.807, 2.05) is 0 Å². The van der Waals surface area contributed by atoms with Crippen molar-refractivity contribution >= 4 is 0 Å². The van der Waals surface area contributed by atoms with Gasteiger partial charge < -0.3 is 4.94 Å². The third-order valence-corrected chi connectivity index (χ3v) is 0.755. The van der Waals surface area contributed by atoms with Crippen LogP contribution in [0.3, 0.4) is 0 Å². The maximum atomic E-state index is 10.9. The molecule has 0 aliphatic rings. The maximum Gasteiger partial charge on any atom is 0.132 e. The molecule has 0 rings (SSSR count). The molecule has 0 aliphatic carbocycles. The van der Waals surface area contributed by atoms with Crippen molar-refractivity contribution in [1.82, 2.24) is 0 Å². The number of hydrogen-bond donors (Lipinski definition) is 0. The smallest absolute Gasteiger partial charge is 0.132 e. The lowest BCUT2D eigenvalue weighted by Crippen LogP contribution is -1.80. The van der Waals surface area contributed by atoms with Crippen LogP contribution in [0.4, 0.5) is 4.53 Å². The van der Waals surface area contributed by atoms with E-state index in [0.29, 0.717) is 5.92 Å². The van der Waals surface area contributed by atoms with E-state index in [0.717, 1.165) is 12.7 Å². The minimum Gasteiger partial charge on any atom is -0.303 e. The second kappa shape index (κ2) is 4.62. The van der Waals surface area contributed by atoms with Crippen molar-refractivity contribution in [2.75, 3.05) is 0 Å². The zero-order valence-electron chi connectivity index (χ0n) is 5.23. The molecule has 0 N–H and O–H groups in total. The minimum absolute atomic E-state index is 0.571. The molecule has 0 atom stereocenters. The van der Waals surface area contributed by atoms with Crippen LogP contribution >= 0.6 is 0 Å². The first-order valence-corrected chi connectivity index (χ1v) is 2.69. The average Bonchev–Trinajstić information content (AvgIpc) is 1.66. The molecule has 8 heavy (non-hydrogen) atoms. The normalized spacial score (nSPS) is 11.0. The molecule has 0 radical (unpaired) electrons. The van der Waals surface area contributed by atoms with Crippen LogP contribution in [-0.4, -0.2) is 0 Å². The molecule has 0 saturated carbocycles. The van der Waals surface area contributed by atoms with Crippen molar-refractivity contribution < 1.29 is 9.47 Å². The van der Waals surface area contributed by atoms with E-state index in [1.165, 1.54) is 0 Å². The highest BCUT2D eigenvalue weighted by atomic mass is 19.3. The lowest BCUT2D eigenvalue weighted by Gasteiger charge is -1.93. The molecule has 48 valence electrons. The van der Waals surface area contributed by atoms with Gasteiger partial charge in [-0.3, -0.25) is 0 Å². The maximum absolute atomic E-state index is 10.9. The third-order valence-electron chi connectivity index (χ3n) is 0.755. The zero-order valence-corrected chi connectivity index (χ0v) is 5.23. The van der Waals surface area contributed by atoms with Crippen molar-refractivity contribution in [2.45, 2.75) is 20.3 Å². The first-order valence-electron chi connectivity index (χ1n) is 2.69. The van der Waals surface area contributed by atoms with Gasteiger partial charge in [-0.15, -0.1) is 0 Å². The molecule has 0 aliphatic heterocycles. The number of rotatable bonds is 3. The summed E-state index contributed by atoms with van der Waals surface area (Å²) in [5.41, 5.74) is 0. The fourth-order valence-electron chi connectivity index (χ4n) is 0.364. The highest BCUT2D eigenvalue weighted by Gasteiger charge is 1.85. The first-order chi connectivity index (χ1) is 3.77. The summed E-state index contributed by atoms with van der Waals surface area (Å²) >= 11 is 0. The predicted octanol–water partition coefficient (Wildman–Crippen LogP) is 2.45. The van der Waals surface area contributed by atoms with Gasteiger partial charge >= 0.3 is 0 Å². The van der Waals surface area contributed by atoms with E-state index >= 15 is 0 Å². The van der Waals surface area contributed by atoms with E-state index in [1.54, 1.807) is 6.08 Å². The van der Waals surface area contributed by atoms with Crippen LogP contribution < -0.4 is 0 Å². The van der Waals surface area contributed by atoms with Gasteiger partial charge in [-0.1, -0.05) is 13.8 Å². The van der Waals surface area contributed by atoms with Gasteiger partial charge in [0.1, 0.15) is 6.26 Å². The average molecular weight is 118 g/mol. The lowest BCUT2D eigenvalue weighted by atomic mass is 10.1. The highest BCUT2D eigenvalue weighted by Crippen LogP contribution is 1.99. The van der Waals surface area contributed by atoms with Crippen LogP contribution in [0.5, 0.6) is 0 Å². The van der Waals surface area contributed by atoms with Crippen LogP contribution in [0.1, 0.15) is 20.3 Å². The SMILES string of the molecule is CC(C)CC=COF. The van der Waals surface area contributed by atoms with Crippen molar-refractivity contribution in [3.05, 3.63) is 12.3 Å². The van der Waals surface area contributed by atoms with Crippen LogP contribution in [0.2, 0.25) is 0 Å². The molecule has 2 heteroatoms. The Balaban J connectivity index is 3.03. The molecular weight excluding hydrogens is 107 g/mol. The van der Waals surface area contributed by atoms with Crippen LogP contribution in [-0.2, 0) is 4.94 Å². The zero-order chi connectivity index (χ0) is 6.41. The van der Waals surface area contributed by atoms with Gasteiger partial charge in [-0.2, -0.15) is 0 Å². The minimum atomic E-state index is 0.571. The summed E-state index contributed by atoms with van der Waals surface area (Å²) in [6.07, 6.45) is 3.58. The lowest BCUT2D eigenvalue weighted by molar-refractivity contribution is -0.0621. The van der Waals surface area contributed by atoms with Crippen molar-refractivity contribution in [1.29, 1.82) is 0 Å². The second-order valence-electron chi connectivity index (χ2n) is 2.09. The van der Waals surface area contributed by atoms with E-state index in [2.05, 4.69) is 18.8 Å². The summed E-state index contributed by atoms with van der Waals surface area (Å²) in [5, 5.41) is 0. The first kappa shape index (κ1) is 7.47. The topological polar surface area (TPSA) is 9.23 Å². The van der Waals surface area contributed by atoms with Crippen molar-refractivity contribution in [3.8, 4) is 0 Å². The largest absolute Gasteiger partial charge is 0.303 e. The standard InChI is InChI=1S/C6H11FO/c1-6(2)4-3-5-8-7/h3,5-6H,4H2,1-2H3. The number of halogens is 1. The molecule has 0 amide bonds. The van der Waals surface area contributed by atoms with E-state index < -0.39 is 0 Å². The quantitative estimate of drug-likeness (QED) is 0.517. The summed E-state index contributed by atoms with van der Waals surface area (Å²) in [7, 11) is 0. The van der Waals surface area contributed by atoms with Gasteiger partial charge in [0.2, 0.25) is 0 Å². The fourth-order valence-corrected chi connectivity index (χ4v) is 0.364. The Morgan fingerprint density at radius 3 is 2.62 bits per heavy atom. The van der Waals surface area contributed by atoms with E-state index in [4.69, 9.17) is 0 Å². The second-order valence-corrected chi connectivity index (χ2v) is 2.09.